The van der Waals surface area contributed by atoms with Crippen molar-refractivity contribution in [1.82, 2.24) is 9.97 Å². The molecule has 2 heterocycles. The quantitative estimate of drug-likeness (QED) is 0.891. The summed E-state index contributed by atoms with van der Waals surface area (Å²) in [7, 11) is 0. The Morgan fingerprint density at radius 1 is 1.39 bits per heavy atom. The first kappa shape index (κ1) is 15.8. The predicted molar refractivity (Wildman–Crippen MR) is 90.2 cm³/mol. The number of carbonyl (C=O) groups is 1. The molecule has 1 saturated carbocycles. The molecular formula is C18H25N3O2. The molecule has 2 aromatic heterocycles. The van der Waals surface area contributed by atoms with Crippen LogP contribution in [0.5, 0.6) is 0 Å². The van der Waals surface area contributed by atoms with E-state index < -0.39 is 11.7 Å². The van der Waals surface area contributed by atoms with Crippen LogP contribution in [0.25, 0.3) is 11.0 Å². The number of ether oxygens (including phenoxy) is 1. The van der Waals surface area contributed by atoms with Gasteiger partial charge >= 0.3 is 6.09 Å². The summed E-state index contributed by atoms with van der Waals surface area (Å²) in [6.45, 7) is 3.88. The van der Waals surface area contributed by atoms with Gasteiger partial charge in [-0.2, -0.15) is 0 Å². The van der Waals surface area contributed by atoms with Crippen LogP contribution in [0.1, 0.15) is 57.4 Å². The van der Waals surface area contributed by atoms with Crippen LogP contribution in [0.4, 0.5) is 4.79 Å². The summed E-state index contributed by atoms with van der Waals surface area (Å²) in [5.74, 6) is 1.17. The summed E-state index contributed by atoms with van der Waals surface area (Å²) >= 11 is 0. The number of amides is 1. The monoisotopic (exact) mass is 315 g/mol. The molecule has 1 amide bonds. The molecule has 124 valence electrons. The lowest BCUT2D eigenvalue weighted by Crippen LogP contribution is -2.34. The van der Waals surface area contributed by atoms with E-state index in [9.17, 15) is 4.79 Å². The average molecular weight is 315 g/mol. The number of nitrogens with zero attached hydrogens (tertiary/aromatic N) is 1. The molecule has 0 atom stereocenters. The first-order valence-corrected chi connectivity index (χ1v) is 8.35. The molecule has 2 aromatic rings. The van der Waals surface area contributed by atoms with Gasteiger partial charge in [0, 0.05) is 17.8 Å². The number of aromatic amines is 1. The van der Waals surface area contributed by atoms with Crippen molar-refractivity contribution in [3.8, 4) is 0 Å². The summed E-state index contributed by atoms with van der Waals surface area (Å²) < 4.78 is 5.22. The van der Waals surface area contributed by atoms with Gasteiger partial charge < -0.3 is 15.5 Å². The second kappa shape index (κ2) is 6.22. The van der Waals surface area contributed by atoms with Crippen LogP contribution < -0.4 is 5.73 Å². The Kier molecular flexibility index (Phi) is 4.28. The van der Waals surface area contributed by atoms with Gasteiger partial charge in [0.25, 0.3) is 0 Å². The maximum Gasteiger partial charge on any atom is 0.405 e. The predicted octanol–water partition coefficient (Wildman–Crippen LogP) is 4.10. The van der Waals surface area contributed by atoms with E-state index in [-0.39, 0.29) is 0 Å². The fourth-order valence-corrected chi connectivity index (χ4v) is 4.00. The van der Waals surface area contributed by atoms with Gasteiger partial charge in [0.05, 0.1) is 0 Å². The van der Waals surface area contributed by atoms with Crippen LogP contribution in [0, 0.1) is 5.92 Å². The van der Waals surface area contributed by atoms with Gasteiger partial charge in [0.1, 0.15) is 11.2 Å². The summed E-state index contributed by atoms with van der Waals surface area (Å²) in [5.41, 5.74) is 7.04. The Balaban J connectivity index is 1.61. The largest absolute Gasteiger partial charge is 0.444 e. The van der Waals surface area contributed by atoms with Crippen molar-refractivity contribution >= 4 is 17.1 Å². The second-order valence-corrected chi connectivity index (χ2v) is 7.25. The normalized spacial score (nSPS) is 22.2. The van der Waals surface area contributed by atoms with E-state index in [1.807, 2.05) is 26.1 Å². The highest BCUT2D eigenvalue weighted by Gasteiger charge is 2.30. The Hall–Kier alpha value is -2.04. The fraction of sp³-hybridized carbons (Fsp3) is 0.556. The smallest absolute Gasteiger partial charge is 0.405 e. The number of carbonyl (C=O) groups excluding carboxylic acids is 1. The zero-order chi connectivity index (χ0) is 16.4. The van der Waals surface area contributed by atoms with Crippen molar-refractivity contribution in [2.24, 2.45) is 11.7 Å². The first-order chi connectivity index (χ1) is 10.9. The first-order valence-electron chi connectivity index (χ1n) is 8.35. The summed E-state index contributed by atoms with van der Waals surface area (Å²) in [5, 5.41) is 1.24. The van der Waals surface area contributed by atoms with Crippen molar-refractivity contribution < 1.29 is 9.53 Å². The molecule has 1 fully saturated rings. The van der Waals surface area contributed by atoms with Crippen LogP contribution in [-0.2, 0) is 4.74 Å². The van der Waals surface area contributed by atoms with Gasteiger partial charge in [-0.3, -0.25) is 0 Å². The maximum atomic E-state index is 11.0. The van der Waals surface area contributed by atoms with Gasteiger partial charge in [-0.05, 0) is 75.5 Å². The molecule has 3 N–H and O–H groups in total. The lowest BCUT2D eigenvalue weighted by atomic mass is 9.75. The van der Waals surface area contributed by atoms with E-state index in [4.69, 9.17) is 10.5 Å². The third kappa shape index (κ3) is 3.66. The van der Waals surface area contributed by atoms with Crippen LogP contribution in [-0.4, -0.2) is 21.7 Å². The van der Waals surface area contributed by atoms with Crippen LogP contribution in [0.2, 0.25) is 0 Å². The molecule has 0 spiro atoms. The molecule has 5 nitrogen and oxygen atoms in total. The zero-order valence-electron chi connectivity index (χ0n) is 13.8. The van der Waals surface area contributed by atoms with Crippen molar-refractivity contribution in [3.63, 3.8) is 0 Å². The van der Waals surface area contributed by atoms with E-state index in [1.165, 1.54) is 23.8 Å². The molecular weight excluding hydrogens is 290 g/mol. The van der Waals surface area contributed by atoms with Crippen LogP contribution in [0.15, 0.2) is 24.5 Å². The minimum absolute atomic E-state index is 0.478. The second-order valence-electron chi connectivity index (χ2n) is 7.25. The number of nitrogens with two attached hydrogens (primary N) is 1. The molecule has 0 aromatic carbocycles. The maximum absolute atomic E-state index is 11.0. The molecule has 1 aliphatic rings. The highest BCUT2D eigenvalue weighted by atomic mass is 16.6. The van der Waals surface area contributed by atoms with E-state index in [1.54, 1.807) is 0 Å². The fourth-order valence-electron chi connectivity index (χ4n) is 4.00. The van der Waals surface area contributed by atoms with Crippen molar-refractivity contribution in [2.45, 2.75) is 57.5 Å². The minimum Gasteiger partial charge on any atom is -0.444 e. The number of aromatic nitrogens is 2. The van der Waals surface area contributed by atoms with Gasteiger partial charge in [-0.25, -0.2) is 9.78 Å². The number of hydrogen-bond donors (Lipinski definition) is 2. The highest BCUT2D eigenvalue weighted by molar-refractivity contribution is 5.80. The number of rotatable bonds is 4. The number of primary amides is 1. The van der Waals surface area contributed by atoms with Crippen molar-refractivity contribution in [2.75, 3.05) is 0 Å². The average Bonchev–Trinajstić information content (AvgIpc) is 2.90. The third-order valence-electron chi connectivity index (χ3n) is 4.93. The van der Waals surface area contributed by atoms with Gasteiger partial charge in [-0.1, -0.05) is 0 Å². The van der Waals surface area contributed by atoms with Crippen LogP contribution >= 0.6 is 0 Å². The lowest BCUT2D eigenvalue weighted by Gasteiger charge is -2.33. The molecule has 1 aliphatic carbocycles. The topological polar surface area (TPSA) is 81.0 Å². The molecule has 0 saturated heterocycles. The Morgan fingerprint density at radius 2 is 2.13 bits per heavy atom. The molecule has 0 unspecified atom stereocenters. The number of hydrogen-bond acceptors (Lipinski definition) is 3. The number of nitrogens with one attached hydrogen (secondary N) is 1. The van der Waals surface area contributed by atoms with Crippen molar-refractivity contribution in [1.29, 1.82) is 0 Å². The molecule has 0 aliphatic heterocycles. The third-order valence-corrected chi connectivity index (χ3v) is 4.93. The van der Waals surface area contributed by atoms with Crippen molar-refractivity contribution in [3.05, 3.63) is 30.1 Å². The number of H-pyrrole nitrogens is 1. The van der Waals surface area contributed by atoms with E-state index >= 15 is 0 Å². The van der Waals surface area contributed by atoms with E-state index in [0.717, 1.165) is 24.9 Å². The number of pyridine rings is 1. The summed E-state index contributed by atoms with van der Waals surface area (Å²) in [6, 6.07) is 4.14. The Labute approximate surface area is 136 Å². The Morgan fingerprint density at radius 3 is 2.83 bits per heavy atom. The van der Waals surface area contributed by atoms with Gasteiger partial charge in [0.2, 0.25) is 0 Å². The lowest BCUT2D eigenvalue weighted by molar-refractivity contribution is 0.0212. The summed E-state index contributed by atoms with van der Waals surface area (Å²) in [4.78, 5) is 18.6. The van der Waals surface area contributed by atoms with E-state index in [0.29, 0.717) is 11.8 Å². The molecule has 0 bridgehead atoms. The molecule has 3 rings (SSSR count). The van der Waals surface area contributed by atoms with Gasteiger partial charge in [0.15, 0.2) is 0 Å². The molecule has 0 radical (unpaired) electrons. The highest BCUT2D eigenvalue weighted by Crippen LogP contribution is 2.41. The summed E-state index contributed by atoms with van der Waals surface area (Å²) in [6.07, 6.45) is 8.77. The molecule has 5 heteroatoms. The number of fused-ring (bicyclic) bond motifs is 1. The standard InChI is InChI=1S/C18H25N3O2/c1-18(2,23-17(19)22)10-12-5-7-13(8-6-12)15-11-21-16-14(15)4-3-9-20-16/h3-4,9,11-13H,5-8,10H2,1-2H3,(H2,19,22)(H,20,21). The van der Waals surface area contributed by atoms with E-state index in [2.05, 4.69) is 22.2 Å². The zero-order valence-corrected chi connectivity index (χ0v) is 13.8. The SMILES string of the molecule is CC(C)(CC1CCC(c2c[nH]c3ncccc23)CC1)OC(N)=O. The minimum atomic E-state index is -0.685. The van der Waals surface area contributed by atoms with Crippen LogP contribution in [0.3, 0.4) is 0 Å². The molecule has 23 heavy (non-hydrogen) atoms. The van der Waals surface area contributed by atoms with Gasteiger partial charge in [-0.15, -0.1) is 0 Å². The Bertz CT molecular complexity index is 684.